The minimum Gasteiger partial charge on any atom is -0.289 e. The Morgan fingerprint density at radius 1 is 0.450 bits per heavy atom. The van der Waals surface area contributed by atoms with E-state index in [1.165, 1.54) is 0 Å². The summed E-state index contributed by atoms with van der Waals surface area (Å²) >= 11 is 0. The van der Waals surface area contributed by atoms with Gasteiger partial charge in [0, 0.05) is 5.56 Å². The third-order valence-corrected chi connectivity index (χ3v) is 12.1. The van der Waals surface area contributed by atoms with Crippen molar-refractivity contribution >= 4 is 43.7 Å². The van der Waals surface area contributed by atoms with E-state index in [1.807, 2.05) is 49.4 Å². The second kappa shape index (κ2) is 17.2. The van der Waals surface area contributed by atoms with Crippen LogP contribution in [0.5, 0.6) is 0 Å². The first-order chi connectivity index (χ1) is 27.8. The average molecular weight is 865 g/mol. The molecule has 0 aliphatic carbocycles. The molecule has 1 atom stereocenters. The normalized spacial score (nSPS) is 13.5. The van der Waals surface area contributed by atoms with Crippen molar-refractivity contribution in [2.24, 2.45) is 0 Å². The Morgan fingerprint density at radius 3 is 1.00 bits per heavy atom. The van der Waals surface area contributed by atoms with Crippen LogP contribution in [0.4, 0.5) is 52.7 Å². The largest absolute Gasteiger partial charge is 0.416 e. The van der Waals surface area contributed by atoms with E-state index in [0.29, 0.717) is 54.1 Å². The molecule has 2 nitrogen and oxygen atoms in total. The fraction of sp³-hybridized carbons (Fsp3) is 0.159. The number of Topliss-reactive ketones (excluding diaryl/α,β-unsaturated/α-hetero) is 1. The number of alkyl halides is 12. The molecule has 314 valence electrons. The van der Waals surface area contributed by atoms with E-state index in [2.05, 4.69) is 0 Å². The lowest BCUT2D eigenvalue weighted by Gasteiger charge is -2.44. The molecule has 0 spiro atoms. The van der Waals surface area contributed by atoms with Gasteiger partial charge in [-0.1, -0.05) is 149 Å². The van der Waals surface area contributed by atoms with Crippen LogP contribution in [0.15, 0.2) is 157 Å². The Hall–Kier alpha value is -5.64. The molecule has 0 fully saturated rings. The molecule has 0 N–H and O–H groups in total. The van der Waals surface area contributed by atoms with E-state index in [9.17, 15) is 61.7 Å². The highest BCUT2D eigenvalue weighted by Crippen LogP contribution is 2.32. The fourth-order valence-corrected chi connectivity index (χ4v) is 8.43. The molecule has 0 saturated carbocycles. The SMILES string of the molecule is Cc1ccc(C(=O)C[S+](C)(=O)c2ccccc2)cc1.FC(F)(F)c1ccc([B-](c2ccc(C(F)(F)F)cc2)(c2ccc(C(F)(F)F)cc2)c2ccc(C(F)(F)F)cc2)cc1. The van der Waals surface area contributed by atoms with Gasteiger partial charge in [0.25, 0.3) is 0 Å². The van der Waals surface area contributed by atoms with Gasteiger partial charge in [-0.15, -0.1) is 0 Å². The minimum atomic E-state index is -4.77. The second-order valence-corrected chi connectivity index (χ2v) is 16.9. The molecule has 6 aromatic carbocycles. The molecule has 60 heavy (non-hydrogen) atoms. The number of hydrogen-bond acceptors (Lipinski definition) is 2. The highest BCUT2D eigenvalue weighted by atomic mass is 32.2. The molecule has 6 rings (SSSR count). The predicted molar refractivity (Wildman–Crippen MR) is 209 cm³/mol. The standard InChI is InChI=1S/C28H16BF12.C16H17O2S/c30-25(31,32)17-1-9-21(10-2-17)29(22-11-3-18(4-12-22)26(33,34)35,23-13-5-19(6-14-23)27(36,37)38)24-15-7-20(8-16-24)28(39,40)41;1-13-8-10-14(11-9-13)16(17)12-19(2,18)15-6-4-3-5-7-15/h1-16H;3-11H,12H2,1-2H3/q-1;+1. The van der Waals surface area contributed by atoms with Gasteiger partial charge >= 0.3 is 24.7 Å². The van der Waals surface area contributed by atoms with Gasteiger partial charge in [0.1, 0.15) is 22.3 Å². The van der Waals surface area contributed by atoms with E-state index in [-0.39, 0.29) is 33.4 Å². The maximum absolute atomic E-state index is 13.3. The highest BCUT2D eigenvalue weighted by molar-refractivity contribution is 8.03. The number of carbonyl (C=O) groups excluding carboxylic acids is 1. The van der Waals surface area contributed by atoms with Gasteiger partial charge in [0.15, 0.2) is 10.6 Å². The second-order valence-electron chi connectivity index (χ2n) is 14.1. The third kappa shape index (κ3) is 10.4. The molecule has 0 aromatic heterocycles. The molecule has 0 aliphatic rings. The monoisotopic (exact) mass is 864 g/mol. The van der Waals surface area contributed by atoms with Crippen molar-refractivity contribution in [3.05, 3.63) is 185 Å². The van der Waals surface area contributed by atoms with Gasteiger partial charge in [-0.25, -0.2) is 0 Å². The summed E-state index contributed by atoms with van der Waals surface area (Å²) < 4.78 is 173. The number of aryl methyl sites for hydroxylation is 1. The molecule has 6 aromatic rings. The van der Waals surface area contributed by atoms with Crippen molar-refractivity contribution in [1.29, 1.82) is 0 Å². The van der Waals surface area contributed by atoms with Crippen LogP contribution in [0.25, 0.3) is 0 Å². The Morgan fingerprint density at radius 2 is 0.733 bits per heavy atom. The molecule has 0 saturated heterocycles. The molecule has 16 heteroatoms. The van der Waals surface area contributed by atoms with Crippen molar-refractivity contribution in [3.63, 3.8) is 0 Å². The molecular formula is C44H33BF12O2S. The number of hydrogen-bond donors (Lipinski definition) is 0. The van der Waals surface area contributed by atoms with E-state index < -0.39 is 63.0 Å². The van der Waals surface area contributed by atoms with Crippen LogP contribution in [0.1, 0.15) is 38.2 Å². The summed E-state index contributed by atoms with van der Waals surface area (Å²) in [5, 5.41) is 0. The number of ketones is 1. The first-order valence-electron chi connectivity index (χ1n) is 17.8. The van der Waals surface area contributed by atoms with Crippen LogP contribution in [0.2, 0.25) is 0 Å². The zero-order chi connectivity index (χ0) is 44.3. The quantitative estimate of drug-likeness (QED) is 0.0661. The predicted octanol–water partition coefficient (Wildman–Crippen LogP) is 10.5. The smallest absolute Gasteiger partial charge is 0.289 e. The molecule has 0 amide bonds. The van der Waals surface area contributed by atoms with E-state index in [0.717, 1.165) is 59.0 Å². The van der Waals surface area contributed by atoms with Gasteiger partial charge in [-0.2, -0.15) is 74.5 Å². The van der Waals surface area contributed by atoms with E-state index >= 15 is 0 Å². The Kier molecular flexibility index (Phi) is 13.0. The molecule has 0 bridgehead atoms. The lowest BCUT2D eigenvalue weighted by atomic mass is 9.13. The number of rotatable bonds is 8. The van der Waals surface area contributed by atoms with Crippen LogP contribution in [0, 0.1) is 6.92 Å². The van der Waals surface area contributed by atoms with Gasteiger partial charge in [-0.3, -0.25) is 4.79 Å². The maximum Gasteiger partial charge on any atom is 0.416 e. The lowest BCUT2D eigenvalue weighted by molar-refractivity contribution is -0.138. The van der Waals surface area contributed by atoms with Crippen molar-refractivity contribution in [2.45, 2.75) is 36.5 Å². The Bertz CT molecular complexity index is 2190. The van der Waals surface area contributed by atoms with E-state index in [4.69, 9.17) is 0 Å². The van der Waals surface area contributed by atoms with Crippen LogP contribution in [-0.4, -0.2) is 23.9 Å². The van der Waals surface area contributed by atoms with Crippen LogP contribution in [-0.2, 0) is 38.8 Å². The van der Waals surface area contributed by atoms with Crippen molar-refractivity contribution in [1.82, 2.24) is 0 Å². The molecule has 0 aliphatic heterocycles. The summed E-state index contributed by atoms with van der Waals surface area (Å²) in [7, 11) is -2.32. The van der Waals surface area contributed by atoms with Gasteiger partial charge < -0.3 is 0 Å². The summed E-state index contributed by atoms with van der Waals surface area (Å²) in [5.41, 5.74) is -2.56. The number of benzene rings is 6. The maximum atomic E-state index is 13.3. The molecular weight excluding hydrogens is 831 g/mol. The molecule has 1 unspecified atom stereocenters. The van der Waals surface area contributed by atoms with E-state index in [1.54, 1.807) is 18.4 Å². The van der Waals surface area contributed by atoms with Crippen LogP contribution < -0.4 is 21.9 Å². The minimum absolute atomic E-state index is 0.0114. The van der Waals surface area contributed by atoms with Crippen molar-refractivity contribution < 1.29 is 61.7 Å². The van der Waals surface area contributed by atoms with Crippen LogP contribution >= 0.6 is 0 Å². The van der Waals surface area contributed by atoms with Gasteiger partial charge in [0.05, 0.1) is 22.3 Å². The summed E-state index contributed by atoms with van der Waals surface area (Å²) in [5.74, 6) is -0.0172. The summed E-state index contributed by atoms with van der Waals surface area (Å²) in [6, 6.07) is 30.1. The zero-order valence-electron chi connectivity index (χ0n) is 31.5. The average Bonchev–Trinajstić information content (AvgIpc) is 3.18. The molecule has 0 heterocycles. The van der Waals surface area contributed by atoms with Gasteiger partial charge in [-0.05, 0) is 19.1 Å². The zero-order valence-corrected chi connectivity index (χ0v) is 32.3. The number of halogens is 12. The summed E-state index contributed by atoms with van der Waals surface area (Å²) in [6.07, 6.45) is -20.3. The van der Waals surface area contributed by atoms with Crippen molar-refractivity contribution in [3.8, 4) is 0 Å². The highest BCUT2D eigenvalue weighted by Gasteiger charge is 2.38. The number of carbonyl (C=O) groups is 1. The first kappa shape index (κ1) is 45.4. The summed E-state index contributed by atoms with van der Waals surface area (Å²) in [4.78, 5) is 12.9. The van der Waals surface area contributed by atoms with Crippen LogP contribution in [0.3, 0.4) is 0 Å². The lowest BCUT2D eigenvalue weighted by Crippen LogP contribution is -2.74. The fourth-order valence-electron chi connectivity index (χ4n) is 6.86. The Labute approximate surface area is 338 Å². The Balaban J connectivity index is 0.000000299. The van der Waals surface area contributed by atoms with Crippen molar-refractivity contribution in [2.75, 3.05) is 12.0 Å². The first-order valence-corrected chi connectivity index (χ1v) is 20.0. The summed E-state index contributed by atoms with van der Waals surface area (Å²) in [6.45, 7) is 1.97. The van der Waals surface area contributed by atoms with Gasteiger partial charge in [0.2, 0.25) is 5.78 Å². The third-order valence-electron chi connectivity index (χ3n) is 9.97. The molecule has 0 radical (unpaired) electrons. The topological polar surface area (TPSA) is 34.1 Å².